The highest BCUT2D eigenvalue weighted by Gasteiger charge is 2.50. The van der Waals surface area contributed by atoms with Gasteiger partial charge in [-0.2, -0.15) is 8.78 Å². The maximum atomic E-state index is 13.7. The number of cyclic esters (lactones) is 1. The average Bonchev–Trinajstić information content (AvgIpc) is 3.21. The van der Waals surface area contributed by atoms with E-state index in [1.54, 1.807) is 29.7 Å². The van der Waals surface area contributed by atoms with Crippen molar-refractivity contribution in [3.63, 3.8) is 0 Å². The second kappa shape index (κ2) is 7.31. The van der Waals surface area contributed by atoms with Crippen molar-refractivity contribution < 1.29 is 27.8 Å². The van der Waals surface area contributed by atoms with E-state index in [1.165, 1.54) is 6.20 Å². The van der Waals surface area contributed by atoms with Gasteiger partial charge in [-0.1, -0.05) is 0 Å². The molecule has 9 nitrogen and oxygen atoms in total. The number of halogens is 3. The van der Waals surface area contributed by atoms with Crippen LogP contribution in [0, 0.1) is 0 Å². The fourth-order valence-electron chi connectivity index (χ4n) is 3.31. The van der Waals surface area contributed by atoms with Gasteiger partial charge in [-0.3, -0.25) is 4.79 Å². The van der Waals surface area contributed by atoms with Gasteiger partial charge in [-0.25, -0.2) is 14.7 Å². The lowest BCUT2D eigenvalue weighted by atomic mass is 10.1. The van der Waals surface area contributed by atoms with Crippen LogP contribution in [0.5, 0.6) is 5.75 Å². The zero-order chi connectivity index (χ0) is 21.6. The summed E-state index contributed by atoms with van der Waals surface area (Å²) in [6.45, 7) is 1.75. The van der Waals surface area contributed by atoms with Crippen molar-refractivity contribution in [2.45, 2.75) is 30.9 Å². The first-order valence-electron chi connectivity index (χ1n) is 9.08. The monoisotopic (exact) mass is 441 g/mol. The lowest BCUT2D eigenvalue weighted by Crippen LogP contribution is -2.44. The molecule has 1 fully saturated rings. The molecule has 1 saturated heterocycles. The number of aromatic nitrogens is 2. The maximum Gasteiger partial charge on any atom is 0.416 e. The van der Waals surface area contributed by atoms with E-state index in [0.29, 0.717) is 29.4 Å². The number of imidazole rings is 1. The Kier molecular flexibility index (Phi) is 4.92. The molecule has 4 rings (SSSR count). The molecule has 2 aliphatic heterocycles. The number of hydrogen-bond acceptors (Lipinski definition) is 6. The summed E-state index contributed by atoms with van der Waals surface area (Å²) in [5, 5.41) is -0.710. The van der Waals surface area contributed by atoms with E-state index in [2.05, 4.69) is 10.3 Å². The number of nitrogens with zero attached hydrogens (tertiary/aromatic N) is 3. The number of hydrogen-bond donors (Lipinski definition) is 2. The Morgan fingerprint density at radius 3 is 2.90 bits per heavy atom. The summed E-state index contributed by atoms with van der Waals surface area (Å²) < 4.78 is 39.7. The molecule has 1 aromatic heterocycles. The van der Waals surface area contributed by atoms with Crippen LogP contribution in [0.2, 0.25) is 0 Å². The molecule has 2 aliphatic rings. The van der Waals surface area contributed by atoms with E-state index in [4.69, 9.17) is 26.8 Å². The second-order valence-corrected chi connectivity index (χ2v) is 7.45. The summed E-state index contributed by atoms with van der Waals surface area (Å²) in [5.41, 5.74) is 6.49. The molecule has 3 heterocycles. The number of alkyl halides is 3. The van der Waals surface area contributed by atoms with Gasteiger partial charge in [0.05, 0.1) is 12.1 Å². The number of nitrogens with one attached hydrogen (secondary N) is 1. The Morgan fingerprint density at radius 2 is 2.20 bits per heavy atom. The van der Waals surface area contributed by atoms with Gasteiger partial charge in [0.2, 0.25) is 5.91 Å². The van der Waals surface area contributed by atoms with E-state index in [-0.39, 0.29) is 12.4 Å². The van der Waals surface area contributed by atoms with Crippen LogP contribution in [-0.2, 0) is 16.1 Å². The zero-order valence-corrected chi connectivity index (χ0v) is 16.5. The molecule has 2 amide bonds. The van der Waals surface area contributed by atoms with Crippen molar-refractivity contribution in [1.29, 1.82) is 0 Å². The predicted molar refractivity (Wildman–Crippen MR) is 104 cm³/mol. The third kappa shape index (κ3) is 3.60. The number of anilines is 2. The highest BCUT2D eigenvalue weighted by molar-refractivity contribution is 6.22. The quantitative estimate of drug-likeness (QED) is 0.689. The van der Waals surface area contributed by atoms with Gasteiger partial charge >= 0.3 is 11.5 Å². The molecule has 1 unspecified atom stereocenters. The van der Waals surface area contributed by atoms with Gasteiger partial charge in [-0.15, -0.1) is 0 Å². The molecule has 0 bridgehead atoms. The number of carbonyl (C=O) groups is 2. The van der Waals surface area contributed by atoms with Gasteiger partial charge in [0, 0.05) is 18.0 Å². The van der Waals surface area contributed by atoms with Crippen LogP contribution in [0.1, 0.15) is 6.92 Å². The second-order valence-electron chi connectivity index (χ2n) is 6.95. The highest BCUT2D eigenvalue weighted by atomic mass is 35.5. The van der Waals surface area contributed by atoms with Crippen molar-refractivity contribution in [2.24, 2.45) is 5.73 Å². The Labute approximate surface area is 174 Å². The molecule has 12 heteroatoms. The molecule has 30 heavy (non-hydrogen) atoms. The number of amides is 2. The Bertz CT molecular complexity index is 1010. The van der Waals surface area contributed by atoms with Gasteiger partial charge in [0.1, 0.15) is 30.8 Å². The van der Waals surface area contributed by atoms with Crippen LogP contribution in [0.3, 0.4) is 0 Å². The summed E-state index contributed by atoms with van der Waals surface area (Å²) in [7, 11) is 0. The van der Waals surface area contributed by atoms with Crippen LogP contribution >= 0.6 is 11.6 Å². The summed E-state index contributed by atoms with van der Waals surface area (Å²) >= 11 is 5.16. The summed E-state index contributed by atoms with van der Waals surface area (Å²) in [6, 6.07) is 2.88. The van der Waals surface area contributed by atoms with Crippen LogP contribution < -0.4 is 20.7 Å². The topological polar surface area (TPSA) is 112 Å². The van der Waals surface area contributed by atoms with E-state index < -0.39 is 36.1 Å². The van der Waals surface area contributed by atoms with Crippen LogP contribution in [-0.4, -0.2) is 52.2 Å². The maximum absolute atomic E-state index is 13.7. The molecule has 2 atom stereocenters. The molecular formula is C18H18ClF2N5O4. The van der Waals surface area contributed by atoms with E-state index in [9.17, 15) is 18.4 Å². The molecule has 160 valence electrons. The van der Waals surface area contributed by atoms with Crippen LogP contribution in [0.15, 0.2) is 24.4 Å². The van der Waals surface area contributed by atoms with Crippen molar-refractivity contribution in [2.75, 3.05) is 23.4 Å². The van der Waals surface area contributed by atoms with Crippen LogP contribution in [0.25, 0.3) is 11.4 Å². The first kappa shape index (κ1) is 20.2. The van der Waals surface area contributed by atoms with E-state index >= 15 is 0 Å². The summed E-state index contributed by atoms with van der Waals surface area (Å²) in [5.74, 6) is 0.420. The van der Waals surface area contributed by atoms with E-state index in [1.807, 2.05) is 0 Å². The first-order chi connectivity index (χ1) is 14.1. The van der Waals surface area contributed by atoms with Crippen molar-refractivity contribution >= 4 is 35.1 Å². The molecular weight excluding hydrogens is 424 g/mol. The minimum absolute atomic E-state index is 0.00947. The third-order valence-corrected chi connectivity index (χ3v) is 5.14. The molecule has 3 N–H and O–H groups in total. The molecule has 0 spiro atoms. The van der Waals surface area contributed by atoms with Crippen molar-refractivity contribution in [3.05, 3.63) is 24.4 Å². The minimum Gasteiger partial charge on any atom is -0.491 e. The fraction of sp³-hybridized carbons (Fsp3) is 0.389. The third-order valence-electron chi connectivity index (χ3n) is 4.88. The smallest absolute Gasteiger partial charge is 0.416 e. The fourth-order valence-corrected chi connectivity index (χ4v) is 3.47. The molecule has 2 aromatic rings. The lowest BCUT2D eigenvalue weighted by molar-refractivity contribution is -0.118. The van der Waals surface area contributed by atoms with Crippen LogP contribution in [0.4, 0.5) is 25.1 Å². The van der Waals surface area contributed by atoms with E-state index in [0.717, 1.165) is 4.90 Å². The van der Waals surface area contributed by atoms with Crippen molar-refractivity contribution in [1.82, 2.24) is 9.55 Å². The number of ether oxygens (including phenoxy) is 2. The first-order valence-corrected chi connectivity index (χ1v) is 9.46. The van der Waals surface area contributed by atoms with Gasteiger partial charge in [-0.05, 0) is 30.7 Å². The highest BCUT2D eigenvalue weighted by Crippen LogP contribution is 2.39. The predicted octanol–water partition coefficient (Wildman–Crippen LogP) is 2.38. The lowest BCUT2D eigenvalue weighted by Gasteiger charge is -2.22. The number of fused-ring (bicyclic) bond motifs is 3. The zero-order valence-electron chi connectivity index (χ0n) is 15.8. The number of benzene rings is 1. The number of primary amides is 1. The SMILES string of the molecule is CC(Nc1ccc2c(c1)OCCn1cc(N3C(=O)OC[C@H]3C(F)(F)Cl)nc1-2)C(N)=O. The normalized spacial score (nSPS) is 19.3. The number of rotatable bonds is 5. The van der Waals surface area contributed by atoms with Gasteiger partial charge < -0.3 is 25.1 Å². The average molecular weight is 442 g/mol. The number of nitrogens with two attached hydrogens (primary N) is 1. The minimum atomic E-state index is -3.67. The Balaban J connectivity index is 1.69. The van der Waals surface area contributed by atoms with Crippen molar-refractivity contribution in [3.8, 4) is 17.1 Å². The Morgan fingerprint density at radius 1 is 1.43 bits per heavy atom. The summed E-state index contributed by atoms with van der Waals surface area (Å²) in [4.78, 5) is 28.5. The molecule has 0 radical (unpaired) electrons. The molecule has 0 saturated carbocycles. The Hall–Kier alpha value is -3.08. The number of carbonyl (C=O) groups excluding carboxylic acids is 2. The van der Waals surface area contributed by atoms with Gasteiger partial charge in [0.25, 0.3) is 0 Å². The summed E-state index contributed by atoms with van der Waals surface area (Å²) in [6.07, 6.45) is 0.544. The standard InChI is InChI=1S/C18H18ClF2N5O4/c1-9(15(22)27)23-10-2-3-11-12(6-10)29-5-4-25-7-14(24-16(11)25)26-13(18(19,20)21)8-30-17(26)28/h2-3,6-7,9,13,23H,4-5,8H2,1H3,(H2,22,27)/t9?,13-/m0/s1. The molecule has 1 aromatic carbocycles. The largest absolute Gasteiger partial charge is 0.491 e. The van der Waals surface area contributed by atoms with Gasteiger partial charge in [0.15, 0.2) is 11.9 Å². The molecule has 0 aliphatic carbocycles.